The maximum absolute atomic E-state index is 13.2. The Bertz CT molecular complexity index is 822. The van der Waals surface area contributed by atoms with Gasteiger partial charge in [0, 0.05) is 18.9 Å². The molecule has 0 bridgehead atoms. The molecule has 2 heterocycles. The number of aromatic nitrogens is 1. The summed E-state index contributed by atoms with van der Waals surface area (Å²) in [5.41, 5.74) is 1.19. The largest absolute Gasteiger partial charge is 0.355 e. The number of rotatable bonds is 3. The van der Waals surface area contributed by atoms with Crippen molar-refractivity contribution in [2.45, 2.75) is 11.3 Å². The fourth-order valence-electron chi connectivity index (χ4n) is 2.09. The van der Waals surface area contributed by atoms with Gasteiger partial charge in [-0.25, -0.2) is 4.39 Å². The first-order chi connectivity index (χ1) is 10.5. The normalized spacial score (nSPS) is 15.4. The average molecular weight is 320 g/mol. The maximum atomic E-state index is 13.2. The molecule has 2 N–H and O–H groups in total. The molecule has 0 saturated heterocycles. The number of anilines is 1. The second-order valence-corrected chi connectivity index (χ2v) is 6.29. The molecule has 6 nitrogen and oxygen atoms in total. The number of hydrogen-bond acceptors (Lipinski definition) is 5. The highest BCUT2D eigenvalue weighted by Crippen LogP contribution is 2.27. The van der Waals surface area contributed by atoms with Gasteiger partial charge in [-0.1, -0.05) is 6.07 Å². The number of guanidine groups is 1. The lowest BCUT2D eigenvalue weighted by Gasteiger charge is -2.19. The van der Waals surface area contributed by atoms with Crippen molar-refractivity contribution in [2.24, 2.45) is 4.40 Å². The molecule has 2 aromatic rings. The summed E-state index contributed by atoms with van der Waals surface area (Å²) >= 11 is 0. The first kappa shape index (κ1) is 14.5. The van der Waals surface area contributed by atoms with Crippen LogP contribution < -0.4 is 10.6 Å². The molecule has 0 fully saturated rings. The highest BCUT2D eigenvalue weighted by Gasteiger charge is 2.25. The molecule has 1 aliphatic heterocycles. The predicted octanol–water partition coefficient (Wildman–Crippen LogP) is 1.52. The summed E-state index contributed by atoms with van der Waals surface area (Å²) in [5.74, 6) is -0.431. The summed E-state index contributed by atoms with van der Waals surface area (Å²) in [6.07, 6.45) is 4.07. The van der Waals surface area contributed by atoms with Gasteiger partial charge >= 0.3 is 0 Å². The van der Waals surface area contributed by atoms with Crippen LogP contribution in [0.5, 0.6) is 0 Å². The van der Waals surface area contributed by atoms with Gasteiger partial charge in [-0.3, -0.25) is 4.98 Å². The van der Waals surface area contributed by atoms with Crippen LogP contribution >= 0.6 is 0 Å². The maximum Gasteiger partial charge on any atom is 0.287 e. The summed E-state index contributed by atoms with van der Waals surface area (Å²) in [6.45, 7) is 0.470. The first-order valence-corrected chi connectivity index (χ1v) is 8.03. The number of nitrogens with zero attached hydrogens (tertiary/aromatic N) is 2. The second-order valence-electron chi connectivity index (χ2n) is 4.72. The van der Waals surface area contributed by atoms with Crippen molar-refractivity contribution in [3.8, 4) is 0 Å². The molecule has 8 heteroatoms. The van der Waals surface area contributed by atoms with Gasteiger partial charge in [-0.2, -0.15) is 8.42 Å². The number of fused-ring (bicyclic) bond motifs is 1. The van der Waals surface area contributed by atoms with Gasteiger partial charge in [0.1, 0.15) is 10.7 Å². The van der Waals surface area contributed by atoms with Gasteiger partial charge in [0.25, 0.3) is 10.0 Å². The number of nitrogens with one attached hydrogen (secondary N) is 2. The minimum absolute atomic E-state index is 0.0355. The lowest BCUT2D eigenvalue weighted by Crippen LogP contribution is -2.35. The predicted molar refractivity (Wildman–Crippen MR) is 80.6 cm³/mol. The molecular weight excluding hydrogens is 307 g/mol. The highest BCUT2D eigenvalue weighted by atomic mass is 32.2. The van der Waals surface area contributed by atoms with E-state index in [4.69, 9.17) is 0 Å². The van der Waals surface area contributed by atoms with Crippen molar-refractivity contribution in [1.82, 2.24) is 10.3 Å². The quantitative estimate of drug-likeness (QED) is 0.896. The Kier molecular flexibility index (Phi) is 3.76. The molecule has 0 radical (unpaired) electrons. The second kappa shape index (κ2) is 5.72. The van der Waals surface area contributed by atoms with Gasteiger partial charge in [0.2, 0.25) is 5.96 Å². The standard InChI is InChI=1S/C14H13FN4O2S/c15-11-3-4-13-12(8-11)18-14(19-22(13,20)21)17-7-5-10-2-1-6-16-9-10/h1-4,6,8-9H,5,7H2,(H2,17,18,19). The third kappa shape index (κ3) is 3.06. The molecule has 1 aliphatic rings. The van der Waals surface area contributed by atoms with Crippen molar-refractivity contribution in [3.63, 3.8) is 0 Å². The summed E-state index contributed by atoms with van der Waals surface area (Å²) in [7, 11) is -3.82. The molecule has 3 rings (SSSR count). The Labute approximate surface area is 127 Å². The topological polar surface area (TPSA) is 83.5 Å². The van der Waals surface area contributed by atoms with E-state index in [-0.39, 0.29) is 16.5 Å². The van der Waals surface area contributed by atoms with Gasteiger partial charge in [0.15, 0.2) is 0 Å². The van der Waals surface area contributed by atoms with Gasteiger partial charge in [-0.05, 0) is 36.2 Å². The van der Waals surface area contributed by atoms with Crippen LogP contribution in [0, 0.1) is 5.82 Å². The van der Waals surface area contributed by atoms with Crippen LogP contribution in [0.4, 0.5) is 10.1 Å². The Morgan fingerprint density at radius 3 is 2.91 bits per heavy atom. The monoisotopic (exact) mass is 320 g/mol. The number of sulfonamides is 1. The average Bonchev–Trinajstić information content (AvgIpc) is 2.47. The van der Waals surface area contributed by atoms with Crippen molar-refractivity contribution in [1.29, 1.82) is 0 Å². The molecule has 1 aromatic heterocycles. The molecule has 0 amide bonds. The van der Waals surface area contributed by atoms with Gasteiger partial charge in [0.05, 0.1) is 5.69 Å². The van der Waals surface area contributed by atoms with Crippen molar-refractivity contribution < 1.29 is 12.8 Å². The first-order valence-electron chi connectivity index (χ1n) is 6.59. The molecule has 0 unspecified atom stereocenters. The number of hydrogen-bond donors (Lipinski definition) is 2. The van der Waals surface area contributed by atoms with Crippen LogP contribution in [-0.4, -0.2) is 25.9 Å². The summed E-state index contributed by atoms with van der Waals surface area (Å²) in [5, 5.41) is 5.68. The van der Waals surface area contributed by atoms with Gasteiger partial charge in [-0.15, -0.1) is 4.40 Å². The van der Waals surface area contributed by atoms with Crippen LogP contribution in [0.3, 0.4) is 0 Å². The fraction of sp³-hybridized carbons (Fsp3) is 0.143. The molecule has 0 atom stereocenters. The molecule has 1 aromatic carbocycles. The van der Waals surface area contributed by atoms with Crippen molar-refractivity contribution in [3.05, 3.63) is 54.1 Å². The van der Waals surface area contributed by atoms with E-state index < -0.39 is 15.8 Å². The van der Waals surface area contributed by atoms with E-state index in [2.05, 4.69) is 20.0 Å². The zero-order chi connectivity index (χ0) is 15.6. The van der Waals surface area contributed by atoms with E-state index in [1.54, 1.807) is 12.4 Å². The molecule has 114 valence electrons. The molecular formula is C14H13FN4O2S. The molecule has 0 saturated carbocycles. The zero-order valence-electron chi connectivity index (χ0n) is 11.5. The van der Waals surface area contributed by atoms with Crippen LogP contribution in [0.25, 0.3) is 0 Å². The molecule has 22 heavy (non-hydrogen) atoms. The minimum atomic E-state index is -3.82. The number of pyridine rings is 1. The third-order valence-electron chi connectivity index (χ3n) is 3.11. The minimum Gasteiger partial charge on any atom is -0.355 e. The lowest BCUT2D eigenvalue weighted by molar-refractivity contribution is 0.596. The third-order valence-corrected chi connectivity index (χ3v) is 4.45. The summed E-state index contributed by atoms with van der Waals surface area (Å²) in [6, 6.07) is 7.17. The summed E-state index contributed by atoms with van der Waals surface area (Å²) < 4.78 is 40.9. The smallest absolute Gasteiger partial charge is 0.287 e. The fourth-order valence-corrected chi connectivity index (χ4v) is 3.17. The Morgan fingerprint density at radius 2 is 2.14 bits per heavy atom. The van der Waals surface area contributed by atoms with E-state index in [0.717, 1.165) is 17.7 Å². The zero-order valence-corrected chi connectivity index (χ0v) is 12.3. The molecule has 0 aliphatic carbocycles. The Morgan fingerprint density at radius 1 is 1.27 bits per heavy atom. The Hall–Kier alpha value is -2.48. The van der Waals surface area contributed by atoms with Crippen LogP contribution in [0.1, 0.15) is 5.56 Å². The summed E-state index contributed by atoms with van der Waals surface area (Å²) in [4.78, 5) is 3.97. The lowest BCUT2D eigenvalue weighted by atomic mass is 10.2. The molecule has 0 spiro atoms. The van der Waals surface area contributed by atoms with E-state index in [0.29, 0.717) is 13.0 Å². The van der Waals surface area contributed by atoms with Crippen LogP contribution in [0.2, 0.25) is 0 Å². The van der Waals surface area contributed by atoms with E-state index in [1.807, 2.05) is 12.1 Å². The SMILES string of the molecule is O=S1(=O)N=C(NCCc2cccnc2)Nc2cc(F)ccc21. The van der Waals surface area contributed by atoms with Crippen LogP contribution in [-0.2, 0) is 16.4 Å². The van der Waals surface area contributed by atoms with Gasteiger partial charge < -0.3 is 10.6 Å². The van der Waals surface area contributed by atoms with E-state index in [1.165, 1.54) is 6.07 Å². The van der Waals surface area contributed by atoms with Crippen molar-refractivity contribution in [2.75, 3.05) is 11.9 Å². The van der Waals surface area contributed by atoms with E-state index >= 15 is 0 Å². The van der Waals surface area contributed by atoms with E-state index in [9.17, 15) is 12.8 Å². The van der Waals surface area contributed by atoms with Crippen molar-refractivity contribution >= 4 is 21.7 Å². The van der Waals surface area contributed by atoms with Crippen LogP contribution in [0.15, 0.2) is 52.0 Å². The highest BCUT2D eigenvalue weighted by molar-refractivity contribution is 7.90. The Balaban J connectivity index is 1.72. The number of benzene rings is 1. The number of halogens is 1.